The number of aliphatic hydroxyl groups is 2. The maximum absolute atomic E-state index is 13.7. The third-order valence-electron chi connectivity index (χ3n) is 6.58. The summed E-state index contributed by atoms with van der Waals surface area (Å²) in [6.07, 6.45) is -18.8. The molecule has 12 nitrogen and oxygen atoms in total. The Morgan fingerprint density at radius 3 is 1.05 bits per heavy atom. The second-order valence-corrected chi connectivity index (χ2v) is 12.8. The first-order chi connectivity index (χ1) is 28.3. The van der Waals surface area contributed by atoms with Gasteiger partial charge in [-0.25, -0.2) is 17.6 Å². The number of aliphatic hydroxyl groups excluding tert-OH is 2. The van der Waals surface area contributed by atoms with Crippen LogP contribution in [0.1, 0.15) is 48.4 Å². The van der Waals surface area contributed by atoms with Gasteiger partial charge in [-0.2, -0.15) is 35.1 Å². The molecule has 0 aliphatic rings. The molecule has 0 fully saturated rings. The number of ketones is 4. The molecule has 0 amide bonds. The topological polar surface area (TPSA) is 173 Å². The molecule has 0 saturated carbocycles. The Morgan fingerprint density at radius 2 is 0.825 bits per heavy atom. The van der Waals surface area contributed by atoms with Gasteiger partial charge in [0.25, 0.3) is 34.4 Å². The summed E-state index contributed by atoms with van der Waals surface area (Å²) in [5, 5.41) is 19.6. The average molecular weight is 1060 g/mol. The summed E-state index contributed by atoms with van der Waals surface area (Å²) in [5.74, 6) is -11.1. The number of benzene rings is 2. The number of ether oxygens (including phenoxy) is 6. The molecule has 0 aromatic heterocycles. The molecule has 4 N–H and O–H groups in total. The van der Waals surface area contributed by atoms with Crippen LogP contribution in [0, 0.1) is 0 Å². The summed E-state index contributed by atoms with van der Waals surface area (Å²) in [6, 6.07) is 2.95. The summed E-state index contributed by atoms with van der Waals surface area (Å²) < 4.78 is 185. The average Bonchev–Trinajstić information content (AvgIpc) is 3.11. The molecule has 0 spiro atoms. The van der Waals surface area contributed by atoms with E-state index in [0.29, 0.717) is 24.3 Å². The zero-order valence-electron chi connectivity index (χ0n) is 31.6. The zero-order valence-corrected chi connectivity index (χ0v) is 35.6. The van der Waals surface area contributed by atoms with Crippen LogP contribution in [0.2, 0.25) is 0 Å². The monoisotopic (exact) mass is 1060 g/mol. The molecule has 0 aliphatic heterocycles. The van der Waals surface area contributed by atoms with E-state index in [1.165, 1.54) is 13.8 Å². The van der Waals surface area contributed by atoms with Crippen LogP contribution in [0.5, 0.6) is 23.0 Å². The molecule has 63 heavy (non-hydrogen) atoms. The molecular weight excluding hydrogens is 1030 g/mol. The van der Waals surface area contributed by atoms with E-state index >= 15 is 0 Å². The quantitative estimate of drug-likeness (QED) is 0.0133. The molecule has 1 radical (unpaired) electrons. The summed E-state index contributed by atoms with van der Waals surface area (Å²) in [6.45, 7) is 4.35. The summed E-state index contributed by atoms with van der Waals surface area (Å²) in [4.78, 5) is 44.7. The van der Waals surface area contributed by atoms with Crippen molar-refractivity contribution in [3.63, 3.8) is 0 Å². The van der Waals surface area contributed by atoms with Crippen molar-refractivity contribution in [3.8, 4) is 23.0 Å². The minimum atomic E-state index is -4.77. The van der Waals surface area contributed by atoms with Crippen LogP contribution in [0.3, 0.4) is 0 Å². The standard InChI is InChI=1S/2C17H14Cl2F6O6.Cu/c2*1-3-29-13(28)11(7(2)26)12(27)9-5-4-8(30-16(22,23)14(18)20)6-10(9)31-17(24,25)15(19)21;/h2*4-6,14-15,28H,3H2,1-2H3;/p+2. The number of hydrogen-bond donors (Lipinski definition) is 2. The van der Waals surface area contributed by atoms with Gasteiger partial charge < -0.3 is 38.6 Å². The second kappa shape index (κ2) is 24.2. The number of rotatable bonds is 22. The Kier molecular flexibility index (Phi) is 22.6. The predicted molar refractivity (Wildman–Crippen MR) is 195 cm³/mol. The van der Waals surface area contributed by atoms with Crippen molar-refractivity contribution in [1.82, 2.24) is 0 Å². The van der Waals surface area contributed by atoms with Crippen LogP contribution >= 0.6 is 46.4 Å². The SMILES string of the molecule is CCOC(O)=C(C(=O)c1ccc(OC(F)(F)C(F)Cl)cc1OC(F)(F)C(F)Cl)C(C)=[OH+].CCOC(O)=C(C(=O)c1ccc(OC(F)(F)C(F)Cl)cc1OC(F)(F)C(F)Cl)C(C)=[OH+].[Cu]. The number of carbonyl (C=O) groups excluding carboxylic acids is 4. The first-order valence-corrected chi connectivity index (χ1v) is 18.0. The van der Waals surface area contributed by atoms with E-state index in [1.54, 1.807) is 0 Å². The third kappa shape index (κ3) is 16.7. The van der Waals surface area contributed by atoms with Crippen molar-refractivity contribution < 1.29 is 128 Å². The molecule has 0 saturated heterocycles. The molecule has 2 rings (SSSR count). The largest absolute Gasteiger partial charge is 0.480 e. The maximum atomic E-state index is 13.7. The Labute approximate surface area is 377 Å². The first kappa shape index (κ1) is 58.8. The Morgan fingerprint density at radius 1 is 0.571 bits per heavy atom. The van der Waals surface area contributed by atoms with Gasteiger partial charge in [-0.1, -0.05) is 46.4 Å². The van der Waals surface area contributed by atoms with Crippen LogP contribution in [-0.4, -0.2) is 103 Å². The molecule has 359 valence electrons. The Hall–Kier alpha value is -4.16. The van der Waals surface area contributed by atoms with E-state index < -0.39 is 127 Å². The number of carbonyl (C=O) groups is 2. The second-order valence-electron chi connectivity index (χ2n) is 11.2. The minimum Gasteiger partial charge on any atom is -0.480 e. The van der Waals surface area contributed by atoms with Gasteiger partial charge in [0.05, 0.1) is 38.2 Å². The van der Waals surface area contributed by atoms with E-state index in [9.17, 15) is 82.1 Å². The Bertz CT molecular complexity index is 1870. The van der Waals surface area contributed by atoms with Crippen LogP contribution in [0.25, 0.3) is 0 Å². The molecule has 29 heteroatoms. The number of hydrogen-bond acceptors (Lipinski definition) is 10. The van der Waals surface area contributed by atoms with Crippen molar-refractivity contribution in [2.75, 3.05) is 13.2 Å². The number of Topliss-reactive ketones (excluding diaryl/α,β-unsaturated/α-hetero) is 2. The van der Waals surface area contributed by atoms with E-state index in [0.717, 1.165) is 13.8 Å². The molecule has 0 bridgehead atoms. The smallest absolute Gasteiger partial charge is 0.444 e. The fourth-order valence-corrected chi connectivity index (χ4v) is 4.16. The third-order valence-corrected chi connectivity index (χ3v) is 7.60. The molecule has 4 unspecified atom stereocenters. The van der Waals surface area contributed by atoms with Gasteiger partial charge in [0.15, 0.2) is 0 Å². The van der Waals surface area contributed by atoms with Crippen LogP contribution in [0.15, 0.2) is 59.4 Å². The van der Waals surface area contributed by atoms with E-state index in [4.69, 9.17) is 0 Å². The van der Waals surface area contributed by atoms with Crippen molar-refractivity contribution >= 4 is 69.5 Å². The Balaban J connectivity index is 0.00000120. The number of allylic oxidation sites excluding steroid dienone is 2. The van der Waals surface area contributed by atoms with Gasteiger partial charge in [0.2, 0.25) is 22.7 Å². The molecule has 0 heterocycles. The predicted octanol–water partition coefficient (Wildman–Crippen LogP) is 10.5. The van der Waals surface area contributed by atoms with E-state index in [1.807, 2.05) is 0 Å². The molecule has 4 atom stereocenters. The molecular formula is C34H30Cl4CuF12O12+2. The molecule has 2 aromatic rings. The van der Waals surface area contributed by atoms with Gasteiger partial charge in [-0.05, 0) is 38.1 Å². The summed E-state index contributed by atoms with van der Waals surface area (Å²) in [5.41, 5.74) is -17.1. The van der Waals surface area contributed by atoms with Gasteiger partial charge in [-0.3, -0.25) is 19.2 Å². The van der Waals surface area contributed by atoms with Crippen LogP contribution in [0.4, 0.5) is 52.7 Å². The fraction of sp³-hybridized carbons (Fsp3) is 0.412. The number of alkyl halides is 16. The van der Waals surface area contributed by atoms with Crippen molar-refractivity contribution in [1.29, 1.82) is 0 Å². The van der Waals surface area contributed by atoms with Crippen molar-refractivity contribution in [3.05, 3.63) is 70.6 Å². The van der Waals surface area contributed by atoms with E-state index in [-0.39, 0.29) is 42.4 Å². The van der Waals surface area contributed by atoms with Gasteiger partial charge >= 0.3 is 36.0 Å². The van der Waals surface area contributed by atoms with Gasteiger partial charge in [0, 0.05) is 29.2 Å². The first-order valence-electron chi connectivity index (χ1n) is 16.2. The van der Waals surface area contributed by atoms with E-state index in [2.05, 4.69) is 74.8 Å². The van der Waals surface area contributed by atoms with Crippen molar-refractivity contribution in [2.24, 2.45) is 0 Å². The fourth-order valence-electron chi connectivity index (χ4n) is 3.98. The van der Waals surface area contributed by atoms with Crippen molar-refractivity contribution in [2.45, 2.75) is 74.7 Å². The van der Waals surface area contributed by atoms with Gasteiger partial charge in [-0.15, -0.1) is 0 Å². The zero-order chi connectivity index (χ0) is 48.3. The molecule has 2 aromatic carbocycles. The maximum Gasteiger partial charge on any atom is 0.444 e. The van der Waals surface area contributed by atoms with Crippen LogP contribution < -0.4 is 18.9 Å². The minimum absolute atomic E-state index is 0. The molecule has 0 aliphatic carbocycles. The summed E-state index contributed by atoms with van der Waals surface area (Å²) >= 11 is 18.6. The van der Waals surface area contributed by atoms with Crippen LogP contribution in [-0.2, 0) is 26.5 Å². The summed E-state index contributed by atoms with van der Waals surface area (Å²) in [7, 11) is 0. The number of halogens is 16. The van der Waals surface area contributed by atoms with Gasteiger partial charge in [0.1, 0.15) is 23.0 Å². The normalized spacial score (nSPS) is 14.7.